The van der Waals surface area contributed by atoms with E-state index < -0.39 is 0 Å². The molecule has 0 N–H and O–H groups in total. The molecule has 0 bridgehead atoms. The molecule has 1 aromatic carbocycles. The first-order chi connectivity index (χ1) is 14.9. The second kappa shape index (κ2) is 7.05. The predicted molar refractivity (Wildman–Crippen MR) is 124 cm³/mol. The van der Waals surface area contributed by atoms with Crippen LogP contribution in [0.1, 0.15) is 29.9 Å². The van der Waals surface area contributed by atoms with Crippen molar-refractivity contribution in [3.05, 3.63) is 50.6 Å². The lowest BCUT2D eigenvalue weighted by molar-refractivity contribution is -0.0379. The molecular weight excluding hydrogens is 475 g/mol. The Morgan fingerprint density at radius 1 is 1.26 bits per heavy atom. The van der Waals surface area contributed by atoms with Crippen molar-refractivity contribution in [2.45, 2.75) is 43.4 Å². The molecule has 5 heterocycles. The maximum absolute atomic E-state index is 6.37. The Morgan fingerprint density at radius 2 is 2.13 bits per heavy atom. The first-order valence-electron chi connectivity index (χ1n) is 9.63. The van der Waals surface area contributed by atoms with Crippen molar-refractivity contribution in [2.24, 2.45) is 0 Å². The third-order valence-electron chi connectivity index (χ3n) is 5.42. The Hall–Kier alpha value is -1.91. The fraction of sp³-hybridized carbons (Fsp3) is 0.300. The van der Waals surface area contributed by atoms with Gasteiger partial charge in [0.15, 0.2) is 10.8 Å². The van der Waals surface area contributed by atoms with Crippen LogP contribution < -0.4 is 0 Å². The summed E-state index contributed by atoms with van der Waals surface area (Å²) < 4.78 is 9.90. The molecule has 0 spiro atoms. The first-order valence-corrected chi connectivity index (χ1v) is 12.2. The lowest BCUT2D eigenvalue weighted by Gasteiger charge is -2.30. The molecule has 0 unspecified atom stereocenters. The zero-order valence-corrected chi connectivity index (χ0v) is 19.7. The van der Waals surface area contributed by atoms with Gasteiger partial charge < -0.3 is 4.74 Å². The summed E-state index contributed by atoms with van der Waals surface area (Å²) in [5, 5.41) is 16.5. The molecule has 0 radical (unpaired) electrons. The minimum absolute atomic E-state index is 0.219. The number of ether oxygens (including phenoxy) is 1. The fourth-order valence-corrected chi connectivity index (χ4v) is 6.71. The number of benzene rings is 1. The Bertz CT molecular complexity index is 1490. The van der Waals surface area contributed by atoms with Crippen LogP contribution in [-0.4, -0.2) is 34.8 Å². The molecule has 0 aliphatic carbocycles. The third-order valence-corrected chi connectivity index (χ3v) is 8.18. The number of aromatic nitrogens is 6. The molecule has 0 atom stereocenters. The van der Waals surface area contributed by atoms with Crippen molar-refractivity contribution < 1.29 is 4.74 Å². The lowest BCUT2D eigenvalue weighted by Crippen LogP contribution is -2.31. The molecular formula is C20H16Cl2N6OS2. The van der Waals surface area contributed by atoms with Gasteiger partial charge in [-0.25, -0.2) is 9.38 Å². The summed E-state index contributed by atoms with van der Waals surface area (Å²) in [6.07, 6.45) is 2.39. The lowest BCUT2D eigenvalue weighted by atomic mass is 9.94. The molecule has 5 aromatic rings. The second-order valence-corrected chi connectivity index (χ2v) is 10.9. The average Bonchev–Trinajstić information content (AvgIpc) is 3.42. The fourth-order valence-electron chi connectivity index (χ4n) is 3.94. The number of hydrogen-bond donors (Lipinski definition) is 0. The number of rotatable bonds is 3. The van der Waals surface area contributed by atoms with Gasteiger partial charge in [0.1, 0.15) is 11.2 Å². The summed E-state index contributed by atoms with van der Waals surface area (Å²) in [7, 11) is 0. The van der Waals surface area contributed by atoms with Gasteiger partial charge in [0, 0.05) is 27.1 Å². The summed E-state index contributed by atoms with van der Waals surface area (Å²) in [5.41, 5.74) is 2.86. The van der Waals surface area contributed by atoms with E-state index in [1.165, 1.54) is 10.4 Å². The summed E-state index contributed by atoms with van der Waals surface area (Å²) in [6.45, 7) is 4.83. The van der Waals surface area contributed by atoms with Crippen molar-refractivity contribution in [3.8, 4) is 0 Å². The number of thiophene rings is 1. The highest BCUT2D eigenvalue weighted by atomic mass is 35.5. The Kier molecular flexibility index (Phi) is 4.49. The zero-order chi connectivity index (χ0) is 21.3. The van der Waals surface area contributed by atoms with E-state index in [1.54, 1.807) is 40.0 Å². The number of halogens is 2. The highest BCUT2D eigenvalue weighted by molar-refractivity contribution is 7.98. The van der Waals surface area contributed by atoms with E-state index in [0.29, 0.717) is 28.2 Å². The summed E-state index contributed by atoms with van der Waals surface area (Å²) >= 11 is 15.7. The number of hydrogen-bond acceptors (Lipinski definition) is 7. The van der Waals surface area contributed by atoms with E-state index in [9.17, 15) is 0 Å². The van der Waals surface area contributed by atoms with Crippen LogP contribution in [-0.2, 0) is 23.5 Å². The molecule has 0 fully saturated rings. The Labute approximate surface area is 195 Å². The monoisotopic (exact) mass is 490 g/mol. The van der Waals surface area contributed by atoms with Crippen LogP contribution in [0.15, 0.2) is 29.7 Å². The van der Waals surface area contributed by atoms with Crippen molar-refractivity contribution >= 4 is 67.9 Å². The molecule has 1 aliphatic rings. The van der Waals surface area contributed by atoms with Gasteiger partial charge in [0.05, 0.1) is 17.6 Å². The van der Waals surface area contributed by atoms with Crippen LogP contribution in [0.3, 0.4) is 0 Å². The van der Waals surface area contributed by atoms with Gasteiger partial charge >= 0.3 is 0 Å². The Morgan fingerprint density at radius 3 is 2.97 bits per heavy atom. The molecule has 0 amide bonds. The molecule has 31 heavy (non-hydrogen) atoms. The SMILES string of the molecule is CC1(C)Cc2c(sc3c2c2ncnn2c2nnc(SCc4ccc(Cl)cc4Cl)n32)CO1. The molecule has 4 aromatic heterocycles. The molecule has 1 aliphatic heterocycles. The minimum Gasteiger partial charge on any atom is -0.370 e. The minimum atomic E-state index is -0.219. The van der Waals surface area contributed by atoms with Crippen LogP contribution in [0, 0.1) is 0 Å². The maximum atomic E-state index is 6.37. The standard InChI is InChI=1S/C20H16Cl2N6OS2/c1-20(2)6-12-14(7-29-20)31-17-15(12)16-23-9-24-28(16)18-25-26-19(27(17)18)30-8-10-3-4-11(21)5-13(10)22/h3-5,9H,6-8H2,1-2H3. The van der Waals surface area contributed by atoms with Crippen LogP contribution in [0.4, 0.5) is 0 Å². The van der Waals surface area contributed by atoms with E-state index in [0.717, 1.165) is 33.0 Å². The molecule has 158 valence electrons. The van der Waals surface area contributed by atoms with Gasteiger partial charge in [-0.05, 0) is 37.1 Å². The van der Waals surface area contributed by atoms with Crippen molar-refractivity contribution in [3.63, 3.8) is 0 Å². The molecule has 0 saturated carbocycles. The van der Waals surface area contributed by atoms with Crippen LogP contribution in [0.25, 0.3) is 21.6 Å². The van der Waals surface area contributed by atoms with Gasteiger partial charge in [0.25, 0.3) is 5.78 Å². The number of fused-ring (bicyclic) bond motifs is 8. The number of thioether (sulfide) groups is 1. The van der Waals surface area contributed by atoms with Crippen LogP contribution in [0.5, 0.6) is 0 Å². The quantitative estimate of drug-likeness (QED) is 0.313. The van der Waals surface area contributed by atoms with Gasteiger partial charge in [-0.3, -0.25) is 0 Å². The van der Waals surface area contributed by atoms with Crippen molar-refractivity contribution in [2.75, 3.05) is 0 Å². The topological polar surface area (TPSA) is 69.6 Å². The normalized spacial score (nSPS) is 15.9. The van der Waals surface area contributed by atoms with E-state index >= 15 is 0 Å². The van der Waals surface area contributed by atoms with E-state index in [1.807, 2.05) is 12.1 Å². The largest absolute Gasteiger partial charge is 0.370 e. The molecule has 7 nitrogen and oxygen atoms in total. The van der Waals surface area contributed by atoms with Gasteiger partial charge in [-0.2, -0.15) is 9.61 Å². The van der Waals surface area contributed by atoms with Gasteiger partial charge in [-0.1, -0.05) is 41.0 Å². The van der Waals surface area contributed by atoms with Gasteiger partial charge in [-0.15, -0.1) is 21.5 Å². The van der Waals surface area contributed by atoms with Crippen LogP contribution >= 0.6 is 46.3 Å². The maximum Gasteiger partial charge on any atom is 0.260 e. The predicted octanol–water partition coefficient (Wildman–Crippen LogP) is 5.44. The highest BCUT2D eigenvalue weighted by Gasteiger charge is 2.32. The summed E-state index contributed by atoms with van der Waals surface area (Å²) in [4.78, 5) is 6.83. The molecule has 6 rings (SSSR count). The van der Waals surface area contributed by atoms with Crippen molar-refractivity contribution in [1.29, 1.82) is 0 Å². The molecule has 0 saturated heterocycles. The second-order valence-electron chi connectivity index (χ2n) is 8.05. The summed E-state index contributed by atoms with van der Waals surface area (Å²) in [6, 6.07) is 5.54. The average molecular weight is 491 g/mol. The van der Waals surface area contributed by atoms with E-state index in [4.69, 9.17) is 27.9 Å². The van der Waals surface area contributed by atoms with E-state index in [2.05, 4.69) is 38.5 Å². The summed E-state index contributed by atoms with van der Waals surface area (Å²) in [5.74, 6) is 1.29. The smallest absolute Gasteiger partial charge is 0.260 e. The Balaban J connectivity index is 1.54. The van der Waals surface area contributed by atoms with E-state index in [-0.39, 0.29) is 5.60 Å². The van der Waals surface area contributed by atoms with Gasteiger partial charge in [0.2, 0.25) is 0 Å². The number of nitrogens with zero attached hydrogens (tertiary/aromatic N) is 6. The van der Waals surface area contributed by atoms with Crippen LogP contribution in [0.2, 0.25) is 10.0 Å². The third kappa shape index (κ3) is 3.14. The molecule has 11 heteroatoms. The zero-order valence-electron chi connectivity index (χ0n) is 16.6. The van der Waals surface area contributed by atoms with Crippen molar-refractivity contribution in [1.82, 2.24) is 29.2 Å². The highest BCUT2D eigenvalue weighted by Crippen LogP contribution is 2.41. The first kappa shape index (κ1) is 19.8.